The number of aliphatic hydroxyl groups is 1. The predicted molar refractivity (Wildman–Crippen MR) is 66.6 cm³/mol. The zero-order valence-corrected chi connectivity index (χ0v) is 12.3. The van der Waals surface area contributed by atoms with Crippen molar-refractivity contribution in [2.75, 3.05) is 0 Å². The zero-order valence-electron chi connectivity index (χ0n) is 9.84. The molecule has 0 spiro atoms. The van der Waals surface area contributed by atoms with Crippen LogP contribution in [0.1, 0.15) is 65.2 Å². The summed E-state index contributed by atoms with van der Waals surface area (Å²) < 4.78 is 0.540. The van der Waals surface area contributed by atoms with E-state index < -0.39 is 0 Å². The Kier molecular flexibility index (Phi) is 10.4. The first-order valence-electron chi connectivity index (χ1n) is 6.12. The molecule has 3 unspecified atom stereocenters. The molecule has 86 valence electrons. The van der Waals surface area contributed by atoms with Gasteiger partial charge in [0.2, 0.25) is 0 Å². The van der Waals surface area contributed by atoms with Crippen molar-refractivity contribution in [3.63, 3.8) is 0 Å². The molecular weight excluding hydrogens is 235 g/mol. The molecule has 14 heavy (non-hydrogen) atoms. The fourth-order valence-corrected chi connectivity index (χ4v) is 2.07. The second-order valence-corrected chi connectivity index (χ2v) is 6.11. The Bertz CT molecular complexity index is 115. The van der Waals surface area contributed by atoms with Crippen molar-refractivity contribution in [3.8, 4) is 0 Å². The fourth-order valence-electron chi connectivity index (χ4n) is 1.58. The maximum absolute atomic E-state index is 9.31. The van der Waals surface area contributed by atoms with Crippen molar-refractivity contribution >= 4 is 16.9 Å². The fraction of sp³-hybridized carbons (Fsp3) is 1.00. The van der Waals surface area contributed by atoms with Gasteiger partial charge in [-0.3, -0.25) is 0 Å². The molecule has 0 aliphatic heterocycles. The van der Waals surface area contributed by atoms with Gasteiger partial charge in [0.25, 0.3) is 0 Å². The summed E-state index contributed by atoms with van der Waals surface area (Å²) in [6, 6.07) is 0. The molecule has 0 aliphatic rings. The predicted octanol–water partition coefficient (Wildman–Crippen LogP) is 2.93. The van der Waals surface area contributed by atoms with Crippen LogP contribution in [-0.4, -0.2) is 28.1 Å². The van der Waals surface area contributed by atoms with E-state index in [9.17, 15) is 5.11 Å². The number of hydrogen-bond acceptors (Lipinski definition) is 1. The Morgan fingerprint density at radius 2 is 1.50 bits per heavy atom. The molecule has 1 N–H and O–H groups in total. The summed E-state index contributed by atoms with van der Waals surface area (Å²) in [4.78, 5) is 0. The maximum atomic E-state index is 9.31. The molecule has 3 atom stereocenters. The molecule has 0 rings (SSSR count). The topological polar surface area (TPSA) is 20.2 Å². The SMILES string of the molecule is CCCCCCCCCC([AsH2])C(C)O. The molecule has 0 saturated carbocycles. The van der Waals surface area contributed by atoms with Gasteiger partial charge in [-0.05, 0) is 0 Å². The van der Waals surface area contributed by atoms with Gasteiger partial charge in [-0.1, -0.05) is 0 Å². The van der Waals surface area contributed by atoms with Gasteiger partial charge in [0.15, 0.2) is 0 Å². The van der Waals surface area contributed by atoms with Crippen molar-refractivity contribution in [2.45, 2.75) is 76.0 Å². The van der Waals surface area contributed by atoms with Crippen LogP contribution in [0.2, 0.25) is 4.71 Å². The van der Waals surface area contributed by atoms with E-state index in [1.165, 1.54) is 51.4 Å². The summed E-state index contributed by atoms with van der Waals surface area (Å²) >= 11 is 1.69. The quantitative estimate of drug-likeness (QED) is 0.500. The van der Waals surface area contributed by atoms with Gasteiger partial charge < -0.3 is 0 Å². The Labute approximate surface area is 98.2 Å². The number of unbranched alkanes of at least 4 members (excludes halogenated alkanes) is 6. The van der Waals surface area contributed by atoms with Crippen LogP contribution in [0.15, 0.2) is 0 Å². The minimum absolute atomic E-state index is 0.102. The molecule has 0 bridgehead atoms. The van der Waals surface area contributed by atoms with Crippen molar-refractivity contribution in [1.29, 1.82) is 0 Å². The second kappa shape index (κ2) is 10.1. The third-order valence-corrected chi connectivity index (χ3v) is 4.63. The summed E-state index contributed by atoms with van der Waals surface area (Å²) in [5.74, 6) is 0. The zero-order chi connectivity index (χ0) is 10.8. The minimum atomic E-state index is -0.102. The molecule has 1 nitrogen and oxygen atoms in total. The van der Waals surface area contributed by atoms with Crippen molar-refractivity contribution in [1.82, 2.24) is 0 Å². The van der Waals surface area contributed by atoms with E-state index in [0.717, 1.165) is 0 Å². The van der Waals surface area contributed by atoms with E-state index in [1.807, 2.05) is 6.92 Å². The van der Waals surface area contributed by atoms with Gasteiger partial charge in [0, 0.05) is 0 Å². The van der Waals surface area contributed by atoms with Gasteiger partial charge in [-0.2, -0.15) is 0 Å². The average Bonchev–Trinajstić information content (AvgIpc) is 2.16. The van der Waals surface area contributed by atoms with E-state index >= 15 is 0 Å². The van der Waals surface area contributed by atoms with Gasteiger partial charge in [-0.15, -0.1) is 0 Å². The van der Waals surface area contributed by atoms with Crippen LogP contribution in [0.25, 0.3) is 0 Å². The Hall–Kier alpha value is 0.518. The third-order valence-electron chi connectivity index (χ3n) is 2.76. The monoisotopic (exact) mass is 262 g/mol. The number of rotatable bonds is 9. The van der Waals surface area contributed by atoms with Crippen LogP contribution in [0.4, 0.5) is 0 Å². The van der Waals surface area contributed by atoms with E-state index in [2.05, 4.69) is 6.92 Å². The summed E-state index contributed by atoms with van der Waals surface area (Å²) in [5, 5.41) is 9.31. The molecular formula is C12H27AsO. The van der Waals surface area contributed by atoms with E-state index in [1.54, 1.807) is 16.9 Å². The molecule has 0 saturated heterocycles. The van der Waals surface area contributed by atoms with Crippen LogP contribution in [0.3, 0.4) is 0 Å². The van der Waals surface area contributed by atoms with Crippen LogP contribution in [0, 0.1) is 0 Å². The van der Waals surface area contributed by atoms with Crippen molar-refractivity contribution < 1.29 is 5.11 Å². The normalized spacial score (nSPS) is 15.4. The van der Waals surface area contributed by atoms with Crippen LogP contribution < -0.4 is 0 Å². The Morgan fingerprint density at radius 3 is 2.00 bits per heavy atom. The van der Waals surface area contributed by atoms with E-state index in [0.29, 0.717) is 4.71 Å². The van der Waals surface area contributed by atoms with Crippen LogP contribution in [-0.2, 0) is 0 Å². The summed E-state index contributed by atoms with van der Waals surface area (Å²) in [6.07, 6.45) is 10.7. The first-order valence-corrected chi connectivity index (χ1v) is 7.52. The van der Waals surface area contributed by atoms with Crippen LogP contribution >= 0.6 is 0 Å². The molecule has 0 aromatic rings. The third kappa shape index (κ3) is 9.09. The number of aliphatic hydroxyl groups excluding tert-OH is 1. The number of hydrogen-bond donors (Lipinski definition) is 1. The summed E-state index contributed by atoms with van der Waals surface area (Å²) in [7, 11) is 0. The van der Waals surface area contributed by atoms with Gasteiger partial charge in [0.1, 0.15) is 0 Å². The van der Waals surface area contributed by atoms with Crippen LogP contribution in [0.5, 0.6) is 0 Å². The van der Waals surface area contributed by atoms with E-state index in [-0.39, 0.29) is 6.10 Å². The summed E-state index contributed by atoms with van der Waals surface area (Å²) in [5.41, 5.74) is 0. The first-order chi connectivity index (χ1) is 6.68. The van der Waals surface area contributed by atoms with Gasteiger partial charge in [-0.25, -0.2) is 0 Å². The molecule has 2 heteroatoms. The Morgan fingerprint density at radius 1 is 1.00 bits per heavy atom. The Balaban J connectivity index is 3.06. The van der Waals surface area contributed by atoms with Crippen molar-refractivity contribution in [2.24, 2.45) is 0 Å². The first kappa shape index (κ1) is 14.5. The summed E-state index contributed by atoms with van der Waals surface area (Å²) in [6.45, 7) is 4.17. The van der Waals surface area contributed by atoms with Gasteiger partial charge >= 0.3 is 98.0 Å². The van der Waals surface area contributed by atoms with E-state index in [4.69, 9.17) is 0 Å². The van der Waals surface area contributed by atoms with Gasteiger partial charge in [0.05, 0.1) is 0 Å². The average molecular weight is 262 g/mol. The molecule has 0 amide bonds. The molecule has 0 aromatic heterocycles. The second-order valence-electron chi connectivity index (χ2n) is 4.31. The standard InChI is InChI=1S/C12H27AsO/c1-3-4-5-6-7-8-9-10-12(13)11(2)14/h11-12,14H,3-10,13H2,1-2H3. The molecule has 0 fully saturated rings. The molecule has 0 radical (unpaired) electrons. The van der Waals surface area contributed by atoms with Crippen molar-refractivity contribution in [3.05, 3.63) is 0 Å². The molecule has 0 aliphatic carbocycles. The molecule has 0 heterocycles. The molecule has 0 aromatic carbocycles.